The number of benzene rings is 1. The number of piperidine rings is 1. The van der Waals surface area contributed by atoms with E-state index in [1.54, 1.807) is 0 Å². The Bertz CT molecular complexity index is 704. The van der Waals surface area contributed by atoms with Crippen LogP contribution in [0, 0.1) is 5.41 Å². The van der Waals surface area contributed by atoms with Crippen molar-refractivity contribution in [2.24, 2.45) is 5.41 Å². The maximum absolute atomic E-state index is 12.9. The van der Waals surface area contributed by atoms with Crippen molar-refractivity contribution in [2.45, 2.75) is 71.0 Å². The zero-order valence-corrected chi connectivity index (χ0v) is 19.2. The highest BCUT2D eigenvalue weighted by atomic mass is 16.6. The molecule has 0 aromatic heterocycles. The summed E-state index contributed by atoms with van der Waals surface area (Å²) in [6.07, 6.45) is 3.20. The van der Waals surface area contributed by atoms with Crippen LogP contribution in [-0.2, 0) is 25.5 Å². The minimum absolute atomic E-state index is 0.0767. The lowest BCUT2D eigenvalue weighted by molar-refractivity contribution is -0.170. The van der Waals surface area contributed by atoms with E-state index in [0.29, 0.717) is 6.61 Å². The maximum Gasteiger partial charge on any atom is 0.335 e. The molecule has 1 unspecified atom stereocenters. The van der Waals surface area contributed by atoms with Gasteiger partial charge in [0, 0.05) is 6.42 Å². The van der Waals surface area contributed by atoms with Crippen LogP contribution < -0.4 is 10.1 Å². The molecule has 1 aromatic carbocycles. The molecule has 31 heavy (non-hydrogen) atoms. The largest absolute Gasteiger partial charge is 0.494 e. The van der Waals surface area contributed by atoms with Crippen LogP contribution in [0.1, 0.15) is 58.4 Å². The van der Waals surface area contributed by atoms with Gasteiger partial charge in [-0.25, -0.2) is 4.79 Å². The van der Waals surface area contributed by atoms with E-state index < -0.39 is 23.1 Å². The van der Waals surface area contributed by atoms with E-state index >= 15 is 0 Å². The highest BCUT2D eigenvalue weighted by Gasteiger charge is 2.41. The summed E-state index contributed by atoms with van der Waals surface area (Å²) in [5, 5.41) is 13.1. The van der Waals surface area contributed by atoms with Crippen molar-refractivity contribution in [3.05, 3.63) is 29.8 Å². The number of carbonyl (C=O) groups excluding carboxylic acids is 2. The molecule has 2 N–H and O–H groups in total. The molecule has 0 aliphatic carbocycles. The molecule has 0 bridgehead atoms. The molecule has 0 spiro atoms. The van der Waals surface area contributed by atoms with E-state index in [1.807, 2.05) is 45.0 Å². The average Bonchev–Trinajstić information content (AvgIpc) is 2.73. The van der Waals surface area contributed by atoms with Crippen LogP contribution in [0.2, 0.25) is 0 Å². The molecular formula is C24H37NO6. The summed E-state index contributed by atoms with van der Waals surface area (Å²) in [5.74, 6) is 0.0189. The number of methoxy groups -OCH3 is 1. The molecular weight excluding hydrogens is 398 g/mol. The zero-order valence-electron chi connectivity index (χ0n) is 19.2. The van der Waals surface area contributed by atoms with Crippen molar-refractivity contribution in [3.8, 4) is 5.75 Å². The number of hydrogen-bond donors (Lipinski definition) is 2. The van der Waals surface area contributed by atoms with Gasteiger partial charge in [0.2, 0.25) is 0 Å². The number of carbonyl (C=O) groups is 2. The summed E-state index contributed by atoms with van der Waals surface area (Å²) in [7, 11) is 1.25. The third-order valence-corrected chi connectivity index (χ3v) is 5.54. The summed E-state index contributed by atoms with van der Waals surface area (Å²) in [4.78, 5) is 24.2. The van der Waals surface area contributed by atoms with Gasteiger partial charge < -0.3 is 24.6 Å². The summed E-state index contributed by atoms with van der Waals surface area (Å²) in [6.45, 7) is 7.98. The second-order valence-electron chi connectivity index (χ2n) is 9.22. The first-order valence-electron chi connectivity index (χ1n) is 11.1. The summed E-state index contributed by atoms with van der Waals surface area (Å²) >= 11 is 0. The summed E-state index contributed by atoms with van der Waals surface area (Å²) < 4.78 is 16.1. The van der Waals surface area contributed by atoms with Gasteiger partial charge in [0.25, 0.3) is 0 Å². The minimum Gasteiger partial charge on any atom is -0.494 e. The van der Waals surface area contributed by atoms with Crippen molar-refractivity contribution in [1.29, 1.82) is 0 Å². The second-order valence-corrected chi connectivity index (χ2v) is 9.22. The standard InChI is InChI=1S/C24H37NO6/c1-23(2,3)31-22(28)24(12-14-25-15-13-24)11-5-6-16-30-19-9-7-18(8-10-19)17-20(26)21(27)29-4/h7-10,20,25-26H,5-6,11-17H2,1-4H3. The number of nitrogens with one attached hydrogen (secondary N) is 1. The van der Waals surface area contributed by atoms with Gasteiger partial charge in [0.1, 0.15) is 11.4 Å². The van der Waals surface area contributed by atoms with E-state index in [4.69, 9.17) is 9.47 Å². The third-order valence-electron chi connectivity index (χ3n) is 5.54. The lowest BCUT2D eigenvalue weighted by Crippen LogP contribution is -2.45. The quantitative estimate of drug-likeness (QED) is 0.431. The van der Waals surface area contributed by atoms with Crippen molar-refractivity contribution in [1.82, 2.24) is 5.32 Å². The van der Waals surface area contributed by atoms with Gasteiger partial charge >= 0.3 is 11.9 Å². The van der Waals surface area contributed by atoms with Crippen LogP contribution in [0.15, 0.2) is 24.3 Å². The fourth-order valence-electron chi connectivity index (χ4n) is 3.77. The lowest BCUT2D eigenvalue weighted by atomic mass is 9.75. The number of ether oxygens (including phenoxy) is 3. The SMILES string of the molecule is COC(=O)C(O)Cc1ccc(OCCCCC2(C(=O)OC(C)(C)C)CCNCC2)cc1. The van der Waals surface area contributed by atoms with Crippen LogP contribution in [0.4, 0.5) is 0 Å². The number of esters is 2. The molecule has 0 amide bonds. The van der Waals surface area contributed by atoms with Crippen molar-refractivity contribution in [3.63, 3.8) is 0 Å². The average molecular weight is 436 g/mol. The van der Waals surface area contributed by atoms with E-state index in [2.05, 4.69) is 10.1 Å². The smallest absolute Gasteiger partial charge is 0.335 e. The van der Waals surface area contributed by atoms with Crippen LogP contribution in [0.25, 0.3) is 0 Å². The highest BCUT2D eigenvalue weighted by molar-refractivity contribution is 5.77. The first-order valence-corrected chi connectivity index (χ1v) is 11.1. The maximum atomic E-state index is 12.9. The lowest BCUT2D eigenvalue weighted by Gasteiger charge is -2.37. The second kappa shape index (κ2) is 11.5. The molecule has 1 aliphatic heterocycles. The van der Waals surface area contributed by atoms with E-state index in [-0.39, 0.29) is 12.4 Å². The highest BCUT2D eigenvalue weighted by Crippen LogP contribution is 2.37. The number of rotatable bonds is 10. The molecule has 1 heterocycles. The summed E-state index contributed by atoms with van der Waals surface area (Å²) in [6, 6.07) is 7.31. The molecule has 7 heteroatoms. The van der Waals surface area contributed by atoms with Crippen molar-refractivity contribution >= 4 is 11.9 Å². The topological polar surface area (TPSA) is 94.1 Å². The molecule has 1 atom stereocenters. The predicted octanol–water partition coefficient (Wildman–Crippen LogP) is 3.02. The van der Waals surface area contributed by atoms with Crippen molar-refractivity contribution < 1.29 is 28.9 Å². The fraction of sp³-hybridized carbons (Fsp3) is 0.667. The minimum atomic E-state index is -1.16. The van der Waals surface area contributed by atoms with Gasteiger partial charge in [-0.05, 0) is 83.7 Å². The molecule has 1 aromatic rings. The first-order chi connectivity index (χ1) is 14.6. The number of aliphatic hydroxyl groups excluding tert-OH is 1. The Labute approximate surface area is 185 Å². The first kappa shape index (κ1) is 25.1. The molecule has 1 fully saturated rings. The van der Waals surface area contributed by atoms with Gasteiger partial charge in [-0.15, -0.1) is 0 Å². The van der Waals surface area contributed by atoms with E-state index in [1.165, 1.54) is 7.11 Å². The molecule has 174 valence electrons. The number of unbranched alkanes of at least 4 members (excludes halogenated alkanes) is 1. The molecule has 0 saturated carbocycles. The van der Waals surface area contributed by atoms with Gasteiger partial charge in [-0.1, -0.05) is 12.1 Å². The summed E-state index contributed by atoms with van der Waals surface area (Å²) in [5.41, 5.74) is -0.0481. The van der Waals surface area contributed by atoms with Crippen molar-refractivity contribution in [2.75, 3.05) is 26.8 Å². The molecule has 1 saturated heterocycles. The van der Waals surface area contributed by atoms with Crippen LogP contribution in [0.5, 0.6) is 5.75 Å². The van der Waals surface area contributed by atoms with E-state index in [0.717, 1.165) is 56.5 Å². The normalized spacial score (nSPS) is 16.9. The van der Waals surface area contributed by atoms with Crippen LogP contribution in [-0.4, -0.2) is 55.6 Å². The zero-order chi connectivity index (χ0) is 22.9. The molecule has 2 rings (SSSR count). The van der Waals surface area contributed by atoms with Gasteiger partial charge in [-0.2, -0.15) is 0 Å². The fourth-order valence-corrected chi connectivity index (χ4v) is 3.77. The van der Waals surface area contributed by atoms with Gasteiger partial charge in [0.05, 0.1) is 19.1 Å². The Kier molecular flexibility index (Phi) is 9.32. The predicted molar refractivity (Wildman–Crippen MR) is 118 cm³/mol. The Balaban J connectivity index is 1.78. The van der Waals surface area contributed by atoms with Crippen LogP contribution in [0.3, 0.4) is 0 Å². The van der Waals surface area contributed by atoms with Gasteiger partial charge in [-0.3, -0.25) is 4.79 Å². The Morgan fingerprint density at radius 2 is 1.77 bits per heavy atom. The van der Waals surface area contributed by atoms with E-state index in [9.17, 15) is 14.7 Å². The molecule has 1 aliphatic rings. The monoisotopic (exact) mass is 435 g/mol. The Hall–Kier alpha value is -2.12. The van der Waals surface area contributed by atoms with Gasteiger partial charge in [0.15, 0.2) is 6.10 Å². The number of hydrogen-bond acceptors (Lipinski definition) is 7. The Morgan fingerprint density at radius 1 is 1.13 bits per heavy atom. The molecule has 0 radical (unpaired) electrons. The Morgan fingerprint density at radius 3 is 2.35 bits per heavy atom. The van der Waals surface area contributed by atoms with Crippen LogP contribution >= 0.6 is 0 Å². The number of aliphatic hydroxyl groups is 1. The third kappa shape index (κ3) is 8.15. The molecule has 7 nitrogen and oxygen atoms in total.